The molecule has 0 heterocycles. The van der Waals surface area contributed by atoms with Crippen LogP contribution in [0.2, 0.25) is 0 Å². The Labute approximate surface area is 128 Å². The Hall–Kier alpha value is -1.79. The van der Waals surface area contributed by atoms with Crippen molar-refractivity contribution in [2.75, 3.05) is 11.9 Å². The van der Waals surface area contributed by atoms with Crippen molar-refractivity contribution in [1.82, 2.24) is 0 Å². The monoisotopic (exact) mass is 286 g/mol. The number of hydrogen-bond acceptors (Lipinski definition) is 2. The molecule has 0 aromatic heterocycles. The van der Waals surface area contributed by atoms with Gasteiger partial charge in [0.15, 0.2) is 0 Å². The number of amides is 1. The quantitative estimate of drug-likeness (QED) is 0.594. The molecule has 1 rings (SSSR count). The molecule has 0 bridgehead atoms. The topological polar surface area (TPSA) is 55.1 Å². The van der Waals surface area contributed by atoms with Gasteiger partial charge in [0.1, 0.15) is 0 Å². The minimum absolute atomic E-state index is 0.0769. The van der Waals surface area contributed by atoms with Crippen molar-refractivity contribution < 1.29 is 4.79 Å². The van der Waals surface area contributed by atoms with Gasteiger partial charge in [-0.2, -0.15) is 0 Å². The van der Waals surface area contributed by atoms with Gasteiger partial charge in [0.05, 0.1) is 6.54 Å². The first-order chi connectivity index (χ1) is 10.2. The van der Waals surface area contributed by atoms with Crippen molar-refractivity contribution in [1.29, 1.82) is 0 Å². The van der Waals surface area contributed by atoms with Crippen LogP contribution >= 0.6 is 0 Å². The number of benzene rings is 1. The van der Waals surface area contributed by atoms with Crippen LogP contribution in [0, 0.1) is 18.8 Å². The smallest absolute Gasteiger partial charge is 0.224 e. The van der Waals surface area contributed by atoms with Gasteiger partial charge >= 0.3 is 0 Å². The van der Waals surface area contributed by atoms with Gasteiger partial charge in [0.2, 0.25) is 5.91 Å². The van der Waals surface area contributed by atoms with E-state index in [1.807, 2.05) is 25.1 Å². The average molecular weight is 286 g/mol. The van der Waals surface area contributed by atoms with Gasteiger partial charge in [-0.05, 0) is 31.0 Å². The molecule has 3 heteroatoms. The number of carbonyl (C=O) groups is 1. The fourth-order valence-corrected chi connectivity index (χ4v) is 2.09. The molecular formula is C18H26N2O. The van der Waals surface area contributed by atoms with E-state index in [0.29, 0.717) is 13.0 Å². The van der Waals surface area contributed by atoms with Crippen molar-refractivity contribution in [3.8, 4) is 11.8 Å². The lowest BCUT2D eigenvalue weighted by Gasteiger charge is -2.07. The molecule has 0 aliphatic rings. The van der Waals surface area contributed by atoms with Crippen LogP contribution in [0.1, 0.15) is 56.6 Å². The van der Waals surface area contributed by atoms with Crippen molar-refractivity contribution in [2.45, 2.75) is 52.4 Å². The minimum atomic E-state index is 0.0769. The van der Waals surface area contributed by atoms with Gasteiger partial charge in [-0.15, -0.1) is 0 Å². The van der Waals surface area contributed by atoms with Gasteiger partial charge < -0.3 is 11.1 Å². The van der Waals surface area contributed by atoms with Gasteiger partial charge in [0, 0.05) is 17.7 Å². The Morgan fingerprint density at radius 2 is 2.00 bits per heavy atom. The van der Waals surface area contributed by atoms with E-state index >= 15 is 0 Å². The number of unbranched alkanes of at least 4 members (excludes halogenated alkanes) is 4. The van der Waals surface area contributed by atoms with Gasteiger partial charge in [-0.3, -0.25) is 4.79 Å². The zero-order chi connectivity index (χ0) is 15.5. The fourth-order valence-electron chi connectivity index (χ4n) is 2.09. The largest absolute Gasteiger partial charge is 0.326 e. The molecule has 0 aliphatic heterocycles. The number of rotatable bonds is 7. The third-order valence-corrected chi connectivity index (χ3v) is 3.35. The summed E-state index contributed by atoms with van der Waals surface area (Å²) < 4.78 is 0. The average Bonchev–Trinajstić information content (AvgIpc) is 2.47. The van der Waals surface area contributed by atoms with Crippen molar-refractivity contribution in [3.63, 3.8) is 0 Å². The molecule has 0 radical (unpaired) electrons. The van der Waals surface area contributed by atoms with E-state index in [9.17, 15) is 4.79 Å². The second kappa shape index (κ2) is 10.0. The van der Waals surface area contributed by atoms with Crippen LogP contribution in [-0.4, -0.2) is 12.5 Å². The number of hydrogen-bond donors (Lipinski definition) is 2. The van der Waals surface area contributed by atoms with Crippen LogP contribution in [-0.2, 0) is 4.79 Å². The Morgan fingerprint density at radius 1 is 1.24 bits per heavy atom. The molecule has 3 N–H and O–H groups in total. The zero-order valence-electron chi connectivity index (χ0n) is 13.2. The third kappa shape index (κ3) is 6.97. The Bertz CT molecular complexity index is 512. The summed E-state index contributed by atoms with van der Waals surface area (Å²) in [5, 5.41) is 2.94. The SMILES string of the molecule is CCCCCCCC(=O)Nc1ccc(C)c(C#CCN)c1. The summed E-state index contributed by atoms with van der Waals surface area (Å²) in [4.78, 5) is 11.9. The second-order valence-corrected chi connectivity index (χ2v) is 5.25. The number of nitrogens with one attached hydrogen (secondary N) is 1. The molecule has 0 spiro atoms. The van der Waals surface area contributed by atoms with E-state index in [0.717, 1.165) is 29.7 Å². The van der Waals surface area contributed by atoms with Gasteiger partial charge in [0.25, 0.3) is 0 Å². The highest BCUT2D eigenvalue weighted by molar-refractivity contribution is 5.90. The van der Waals surface area contributed by atoms with Gasteiger partial charge in [-0.25, -0.2) is 0 Å². The molecular weight excluding hydrogens is 260 g/mol. The predicted molar refractivity (Wildman–Crippen MR) is 89.1 cm³/mol. The van der Waals surface area contributed by atoms with E-state index in [1.54, 1.807) is 0 Å². The molecule has 0 saturated carbocycles. The first kappa shape index (κ1) is 17.3. The van der Waals surface area contributed by atoms with E-state index in [4.69, 9.17) is 5.73 Å². The molecule has 0 saturated heterocycles. The summed E-state index contributed by atoms with van der Waals surface area (Å²) >= 11 is 0. The fraction of sp³-hybridized carbons (Fsp3) is 0.500. The highest BCUT2D eigenvalue weighted by Gasteiger charge is 2.04. The number of carbonyl (C=O) groups excluding carboxylic acids is 1. The van der Waals surface area contributed by atoms with E-state index in [-0.39, 0.29) is 5.91 Å². The lowest BCUT2D eigenvalue weighted by molar-refractivity contribution is -0.116. The highest BCUT2D eigenvalue weighted by atomic mass is 16.1. The van der Waals surface area contributed by atoms with Gasteiger partial charge in [-0.1, -0.05) is 50.5 Å². The van der Waals surface area contributed by atoms with Crippen LogP contribution in [0.5, 0.6) is 0 Å². The maximum Gasteiger partial charge on any atom is 0.224 e. The summed E-state index contributed by atoms with van der Waals surface area (Å²) in [5.41, 5.74) is 8.21. The standard InChI is InChI=1S/C18H26N2O/c1-3-4-5-6-7-10-18(21)20-17-12-11-15(2)16(14-17)9-8-13-19/h11-12,14H,3-7,10,13,19H2,1-2H3,(H,20,21). The predicted octanol–water partition coefficient (Wildman–Crippen LogP) is 3.60. The molecule has 3 nitrogen and oxygen atoms in total. The zero-order valence-corrected chi connectivity index (χ0v) is 13.2. The number of anilines is 1. The molecule has 0 unspecified atom stereocenters. The first-order valence-corrected chi connectivity index (χ1v) is 7.76. The third-order valence-electron chi connectivity index (χ3n) is 3.35. The number of nitrogens with two attached hydrogens (primary N) is 1. The maximum absolute atomic E-state index is 11.9. The molecule has 1 aromatic rings. The summed E-state index contributed by atoms with van der Waals surface area (Å²) in [7, 11) is 0. The van der Waals surface area contributed by atoms with E-state index in [1.165, 1.54) is 19.3 Å². The Morgan fingerprint density at radius 3 is 2.71 bits per heavy atom. The summed E-state index contributed by atoms with van der Waals surface area (Å²) in [6.45, 7) is 4.53. The molecule has 0 atom stereocenters. The summed E-state index contributed by atoms with van der Waals surface area (Å²) in [6.07, 6.45) is 6.36. The van der Waals surface area contributed by atoms with E-state index < -0.39 is 0 Å². The lowest BCUT2D eigenvalue weighted by atomic mass is 10.1. The van der Waals surface area contributed by atoms with Crippen molar-refractivity contribution in [2.24, 2.45) is 5.73 Å². The van der Waals surface area contributed by atoms with Crippen LogP contribution in [0.3, 0.4) is 0 Å². The van der Waals surface area contributed by atoms with Crippen LogP contribution in [0.4, 0.5) is 5.69 Å². The van der Waals surface area contributed by atoms with Crippen LogP contribution in [0.15, 0.2) is 18.2 Å². The minimum Gasteiger partial charge on any atom is -0.326 e. The summed E-state index contributed by atoms with van der Waals surface area (Å²) in [5.74, 6) is 5.95. The maximum atomic E-state index is 11.9. The first-order valence-electron chi connectivity index (χ1n) is 7.76. The Kier molecular flexibility index (Phi) is 8.23. The summed E-state index contributed by atoms with van der Waals surface area (Å²) in [6, 6.07) is 5.79. The lowest BCUT2D eigenvalue weighted by Crippen LogP contribution is -2.11. The normalized spacial score (nSPS) is 9.86. The molecule has 114 valence electrons. The van der Waals surface area contributed by atoms with E-state index in [2.05, 4.69) is 24.1 Å². The molecule has 0 aliphatic carbocycles. The Balaban J connectivity index is 2.48. The number of aryl methyl sites for hydroxylation is 1. The molecule has 1 amide bonds. The molecule has 0 fully saturated rings. The van der Waals surface area contributed by atoms with Crippen LogP contribution < -0.4 is 11.1 Å². The molecule has 1 aromatic carbocycles. The van der Waals surface area contributed by atoms with Crippen LogP contribution in [0.25, 0.3) is 0 Å². The van der Waals surface area contributed by atoms with Crippen molar-refractivity contribution in [3.05, 3.63) is 29.3 Å². The second-order valence-electron chi connectivity index (χ2n) is 5.25. The molecule has 21 heavy (non-hydrogen) atoms. The highest BCUT2D eigenvalue weighted by Crippen LogP contribution is 2.15. The van der Waals surface area contributed by atoms with Crippen molar-refractivity contribution >= 4 is 11.6 Å².